The molecule has 0 aliphatic rings. The topological polar surface area (TPSA) is 70.9 Å². The summed E-state index contributed by atoms with van der Waals surface area (Å²) in [6.45, 7) is -0.136. The Hall–Kier alpha value is -3.60. The Balaban J connectivity index is 1.54. The first kappa shape index (κ1) is 18.2. The van der Waals surface area contributed by atoms with Crippen LogP contribution in [0.3, 0.4) is 0 Å². The van der Waals surface area contributed by atoms with Crippen LogP contribution >= 0.6 is 0 Å². The number of hydrazone groups is 1. The largest absolute Gasteiger partial charge is 0.508 e. The number of amides is 1. The van der Waals surface area contributed by atoms with E-state index >= 15 is 0 Å². The molecule has 0 atom stereocenters. The van der Waals surface area contributed by atoms with Crippen molar-refractivity contribution in [2.75, 3.05) is 6.61 Å². The normalized spacial score (nSPS) is 10.7. The molecule has 0 heterocycles. The SMILES string of the molecule is O=C(COc1ccccc1Cc1ccccc1)N/N=C\c1cccc(O)c1. The fourth-order valence-electron chi connectivity index (χ4n) is 2.57. The maximum absolute atomic E-state index is 11.9. The summed E-state index contributed by atoms with van der Waals surface area (Å²) in [5, 5.41) is 13.3. The zero-order valence-electron chi connectivity index (χ0n) is 14.7. The van der Waals surface area contributed by atoms with E-state index < -0.39 is 0 Å². The van der Waals surface area contributed by atoms with Crippen LogP contribution in [-0.4, -0.2) is 23.8 Å². The number of benzene rings is 3. The summed E-state index contributed by atoms with van der Waals surface area (Å²) in [7, 11) is 0. The second-order valence-corrected chi connectivity index (χ2v) is 5.95. The Bertz CT molecular complexity index is 924. The summed E-state index contributed by atoms with van der Waals surface area (Å²) in [5.74, 6) is 0.456. The van der Waals surface area contributed by atoms with E-state index in [-0.39, 0.29) is 18.3 Å². The van der Waals surface area contributed by atoms with Crippen LogP contribution in [0.25, 0.3) is 0 Å². The smallest absolute Gasteiger partial charge is 0.277 e. The molecule has 136 valence electrons. The van der Waals surface area contributed by atoms with E-state index in [2.05, 4.69) is 22.7 Å². The number of phenolic OH excluding ortho intramolecular Hbond substituents is 1. The summed E-state index contributed by atoms with van der Waals surface area (Å²) >= 11 is 0. The number of phenols is 1. The van der Waals surface area contributed by atoms with Crippen molar-refractivity contribution in [2.24, 2.45) is 5.10 Å². The number of ether oxygens (including phenoxy) is 1. The minimum atomic E-state index is -0.360. The van der Waals surface area contributed by atoms with E-state index in [1.54, 1.807) is 24.3 Å². The summed E-state index contributed by atoms with van der Waals surface area (Å²) in [6.07, 6.45) is 2.19. The predicted molar refractivity (Wildman–Crippen MR) is 105 cm³/mol. The van der Waals surface area contributed by atoms with E-state index in [1.807, 2.05) is 42.5 Å². The third-order valence-corrected chi connectivity index (χ3v) is 3.84. The van der Waals surface area contributed by atoms with E-state index in [9.17, 15) is 9.90 Å². The molecular formula is C22H20N2O3. The van der Waals surface area contributed by atoms with Gasteiger partial charge in [-0.2, -0.15) is 5.10 Å². The van der Waals surface area contributed by atoms with Gasteiger partial charge in [0, 0.05) is 6.42 Å². The summed E-state index contributed by atoms with van der Waals surface area (Å²) < 4.78 is 5.67. The molecule has 3 aromatic carbocycles. The zero-order chi connectivity index (χ0) is 18.9. The third-order valence-electron chi connectivity index (χ3n) is 3.84. The monoisotopic (exact) mass is 360 g/mol. The number of aromatic hydroxyl groups is 1. The molecule has 27 heavy (non-hydrogen) atoms. The molecule has 0 saturated heterocycles. The number of nitrogens with one attached hydrogen (secondary N) is 1. The van der Waals surface area contributed by atoms with Gasteiger partial charge in [0.25, 0.3) is 5.91 Å². The third kappa shape index (κ3) is 5.71. The van der Waals surface area contributed by atoms with Gasteiger partial charge in [-0.25, -0.2) is 5.43 Å². The number of carbonyl (C=O) groups is 1. The molecule has 0 bridgehead atoms. The van der Waals surface area contributed by atoms with Crippen molar-refractivity contribution in [3.8, 4) is 11.5 Å². The van der Waals surface area contributed by atoms with E-state index in [0.717, 1.165) is 12.0 Å². The lowest BCUT2D eigenvalue weighted by Crippen LogP contribution is -2.24. The van der Waals surface area contributed by atoms with Crippen molar-refractivity contribution < 1.29 is 14.6 Å². The highest BCUT2D eigenvalue weighted by Crippen LogP contribution is 2.21. The van der Waals surface area contributed by atoms with Gasteiger partial charge in [0.2, 0.25) is 0 Å². The molecule has 5 nitrogen and oxygen atoms in total. The molecule has 1 amide bonds. The lowest BCUT2D eigenvalue weighted by atomic mass is 10.0. The van der Waals surface area contributed by atoms with Crippen LogP contribution in [0.2, 0.25) is 0 Å². The predicted octanol–water partition coefficient (Wildman–Crippen LogP) is 3.51. The first-order valence-electron chi connectivity index (χ1n) is 8.56. The van der Waals surface area contributed by atoms with Crippen molar-refractivity contribution in [3.63, 3.8) is 0 Å². The molecular weight excluding hydrogens is 340 g/mol. The maximum Gasteiger partial charge on any atom is 0.277 e. The summed E-state index contributed by atoms with van der Waals surface area (Å²) in [5.41, 5.74) is 5.29. The van der Waals surface area contributed by atoms with E-state index in [4.69, 9.17) is 4.74 Å². The number of carbonyl (C=O) groups excluding carboxylic acids is 1. The van der Waals surface area contributed by atoms with Crippen LogP contribution in [0.4, 0.5) is 0 Å². The van der Waals surface area contributed by atoms with Gasteiger partial charge in [-0.1, -0.05) is 60.7 Å². The Morgan fingerprint density at radius 3 is 2.59 bits per heavy atom. The molecule has 0 spiro atoms. The molecule has 3 aromatic rings. The molecule has 2 N–H and O–H groups in total. The number of rotatable bonds is 7. The van der Waals surface area contributed by atoms with Gasteiger partial charge in [-0.05, 0) is 34.9 Å². The van der Waals surface area contributed by atoms with Crippen LogP contribution in [0.1, 0.15) is 16.7 Å². The number of hydrogen-bond acceptors (Lipinski definition) is 4. The van der Waals surface area contributed by atoms with Crippen molar-refractivity contribution in [3.05, 3.63) is 95.6 Å². The molecule has 0 saturated carbocycles. The molecule has 5 heteroatoms. The Morgan fingerprint density at radius 1 is 1.00 bits per heavy atom. The van der Waals surface area contributed by atoms with Crippen LogP contribution in [0.5, 0.6) is 11.5 Å². The van der Waals surface area contributed by atoms with Crippen molar-refractivity contribution in [2.45, 2.75) is 6.42 Å². The van der Waals surface area contributed by atoms with Gasteiger partial charge in [0.15, 0.2) is 6.61 Å². The molecule has 0 unspecified atom stereocenters. The highest BCUT2D eigenvalue weighted by Gasteiger charge is 2.07. The fraction of sp³-hybridized carbons (Fsp3) is 0.0909. The second-order valence-electron chi connectivity index (χ2n) is 5.95. The van der Waals surface area contributed by atoms with E-state index in [0.29, 0.717) is 11.3 Å². The van der Waals surface area contributed by atoms with E-state index in [1.165, 1.54) is 11.8 Å². The standard InChI is InChI=1S/C22H20N2O3/c25-20-11-6-9-18(14-20)15-23-24-22(26)16-27-21-12-5-4-10-19(21)13-17-7-2-1-3-8-17/h1-12,14-15,25H,13,16H2,(H,24,26)/b23-15-. The van der Waals surface area contributed by atoms with Gasteiger partial charge >= 0.3 is 0 Å². The van der Waals surface area contributed by atoms with Crippen molar-refractivity contribution in [1.82, 2.24) is 5.43 Å². The average molecular weight is 360 g/mol. The molecule has 0 fully saturated rings. The van der Waals surface area contributed by atoms with Gasteiger partial charge in [-0.3, -0.25) is 4.79 Å². The maximum atomic E-state index is 11.9. The highest BCUT2D eigenvalue weighted by atomic mass is 16.5. The zero-order valence-corrected chi connectivity index (χ0v) is 14.7. The molecule has 0 aromatic heterocycles. The van der Waals surface area contributed by atoms with Crippen LogP contribution < -0.4 is 10.2 Å². The molecule has 0 aliphatic heterocycles. The quantitative estimate of drug-likeness (QED) is 0.500. The van der Waals surface area contributed by atoms with Crippen LogP contribution in [0, 0.1) is 0 Å². The Morgan fingerprint density at radius 2 is 1.78 bits per heavy atom. The first-order chi connectivity index (χ1) is 13.2. The second kappa shape index (κ2) is 9.20. The lowest BCUT2D eigenvalue weighted by Gasteiger charge is -2.11. The minimum absolute atomic E-state index is 0.136. The number of para-hydroxylation sites is 1. The van der Waals surface area contributed by atoms with Crippen LogP contribution in [0.15, 0.2) is 84.0 Å². The van der Waals surface area contributed by atoms with Gasteiger partial charge < -0.3 is 9.84 Å². The lowest BCUT2D eigenvalue weighted by molar-refractivity contribution is -0.123. The van der Waals surface area contributed by atoms with Crippen LogP contribution in [-0.2, 0) is 11.2 Å². The average Bonchev–Trinajstić information content (AvgIpc) is 2.68. The highest BCUT2D eigenvalue weighted by molar-refractivity contribution is 5.83. The molecule has 0 radical (unpaired) electrons. The molecule has 3 rings (SSSR count). The van der Waals surface area contributed by atoms with Gasteiger partial charge in [0.1, 0.15) is 11.5 Å². The van der Waals surface area contributed by atoms with Gasteiger partial charge in [-0.15, -0.1) is 0 Å². The number of hydrogen-bond donors (Lipinski definition) is 2. The summed E-state index contributed by atoms with van der Waals surface area (Å²) in [6, 6.07) is 24.3. The molecule has 0 aliphatic carbocycles. The Kier molecular flexibility index (Phi) is 6.20. The first-order valence-corrected chi connectivity index (χ1v) is 8.56. The minimum Gasteiger partial charge on any atom is -0.508 e. The fourth-order valence-corrected chi connectivity index (χ4v) is 2.57. The summed E-state index contributed by atoms with van der Waals surface area (Å²) in [4.78, 5) is 11.9. The van der Waals surface area contributed by atoms with Crippen molar-refractivity contribution in [1.29, 1.82) is 0 Å². The Labute approximate surface area is 157 Å². The van der Waals surface area contributed by atoms with Gasteiger partial charge in [0.05, 0.1) is 6.21 Å². The number of nitrogens with zero attached hydrogens (tertiary/aromatic N) is 1. The van der Waals surface area contributed by atoms with Crippen molar-refractivity contribution >= 4 is 12.1 Å².